The summed E-state index contributed by atoms with van der Waals surface area (Å²) in [5.41, 5.74) is 3.56. The van der Waals surface area contributed by atoms with Gasteiger partial charge in [0.15, 0.2) is 0 Å². The first-order chi connectivity index (χ1) is 17.9. The van der Waals surface area contributed by atoms with Gasteiger partial charge in [-0.05, 0) is 62.6 Å². The Labute approximate surface area is 221 Å². The zero-order valence-corrected chi connectivity index (χ0v) is 21.9. The van der Waals surface area contributed by atoms with Crippen molar-refractivity contribution in [3.63, 3.8) is 0 Å². The van der Waals surface area contributed by atoms with Gasteiger partial charge in [0.25, 0.3) is 5.91 Å². The number of aryl methyl sites for hydroxylation is 1. The molecule has 6 nitrogen and oxygen atoms in total. The SMILES string of the molecule is CCOc1ccc(N2C(=O)C(Cc3cccc(C)c3)S/C2=C(/C#N)C(=O)NC(C)c2ccccc2)cc1. The summed E-state index contributed by atoms with van der Waals surface area (Å²) in [7, 11) is 0. The molecular formula is C30H29N3O3S. The fourth-order valence-corrected chi connectivity index (χ4v) is 5.54. The lowest BCUT2D eigenvalue weighted by atomic mass is 10.1. The molecule has 2 unspecified atom stereocenters. The predicted octanol–water partition coefficient (Wildman–Crippen LogP) is 5.70. The Hall–Kier alpha value is -4.02. The third kappa shape index (κ3) is 6.04. The third-order valence-corrected chi connectivity index (χ3v) is 7.32. The monoisotopic (exact) mass is 511 g/mol. The van der Waals surface area contributed by atoms with Crippen LogP contribution in [-0.4, -0.2) is 23.7 Å². The maximum Gasteiger partial charge on any atom is 0.265 e. The van der Waals surface area contributed by atoms with Gasteiger partial charge in [0, 0.05) is 5.69 Å². The second-order valence-electron chi connectivity index (χ2n) is 8.80. The van der Waals surface area contributed by atoms with E-state index in [1.165, 1.54) is 16.7 Å². The lowest BCUT2D eigenvalue weighted by Crippen LogP contribution is -2.32. The molecule has 7 heteroatoms. The number of rotatable bonds is 8. The standard InChI is InChI=1S/C30H29N3O3S/c1-4-36-25-15-13-24(14-16-25)33-29(35)27(18-22-10-8-9-20(2)17-22)37-30(33)26(19-31)28(34)32-21(3)23-11-6-5-7-12-23/h5-17,21,27H,4,18H2,1-3H3,(H,32,34)/b30-26-. The molecule has 2 atom stereocenters. The summed E-state index contributed by atoms with van der Waals surface area (Å²) in [4.78, 5) is 28.5. The van der Waals surface area contributed by atoms with E-state index in [1.54, 1.807) is 24.3 Å². The van der Waals surface area contributed by atoms with Crippen LogP contribution >= 0.6 is 11.8 Å². The van der Waals surface area contributed by atoms with Crippen molar-refractivity contribution in [1.29, 1.82) is 5.26 Å². The lowest BCUT2D eigenvalue weighted by molar-refractivity contribution is -0.117. The fourth-order valence-electron chi connectivity index (χ4n) is 4.23. The van der Waals surface area contributed by atoms with Crippen LogP contribution in [0.2, 0.25) is 0 Å². The largest absolute Gasteiger partial charge is 0.494 e. The van der Waals surface area contributed by atoms with Crippen molar-refractivity contribution in [2.24, 2.45) is 0 Å². The predicted molar refractivity (Wildman–Crippen MR) is 147 cm³/mol. The number of hydrogen-bond donors (Lipinski definition) is 1. The molecule has 0 aromatic heterocycles. The molecule has 3 aromatic carbocycles. The second kappa shape index (κ2) is 11.8. The number of ether oxygens (including phenoxy) is 1. The van der Waals surface area contributed by atoms with Crippen LogP contribution < -0.4 is 15.0 Å². The summed E-state index contributed by atoms with van der Waals surface area (Å²) in [6.07, 6.45) is 0.489. The van der Waals surface area contributed by atoms with Gasteiger partial charge >= 0.3 is 0 Å². The van der Waals surface area contributed by atoms with Crippen molar-refractivity contribution in [3.05, 3.63) is 106 Å². The van der Waals surface area contributed by atoms with E-state index < -0.39 is 11.2 Å². The number of nitrogens with zero attached hydrogens (tertiary/aromatic N) is 2. The molecule has 0 spiro atoms. The molecule has 2 amide bonds. The van der Waals surface area contributed by atoms with Gasteiger partial charge in [-0.3, -0.25) is 14.5 Å². The van der Waals surface area contributed by atoms with E-state index >= 15 is 0 Å². The maximum absolute atomic E-state index is 13.7. The molecule has 1 saturated heterocycles. The van der Waals surface area contributed by atoms with Crippen molar-refractivity contribution < 1.29 is 14.3 Å². The average Bonchev–Trinajstić information content (AvgIpc) is 3.20. The number of nitrogens with one attached hydrogen (secondary N) is 1. The first-order valence-electron chi connectivity index (χ1n) is 12.2. The fraction of sp³-hybridized carbons (Fsp3) is 0.233. The number of carbonyl (C=O) groups excluding carboxylic acids is 2. The zero-order chi connectivity index (χ0) is 26.4. The van der Waals surface area contributed by atoms with E-state index in [0.717, 1.165) is 16.7 Å². The highest BCUT2D eigenvalue weighted by Gasteiger charge is 2.41. The van der Waals surface area contributed by atoms with Gasteiger partial charge in [-0.1, -0.05) is 71.9 Å². The molecule has 1 aliphatic heterocycles. The van der Waals surface area contributed by atoms with Gasteiger partial charge in [-0.2, -0.15) is 5.26 Å². The van der Waals surface area contributed by atoms with E-state index in [4.69, 9.17) is 4.74 Å². The highest BCUT2D eigenvalue weighted by Crippen LogP contribution is 2.42. The quantitative estimate of drug-likeness (QED) is 0.310. The Morgan fingerprint density at radius 3 is 2.49 bits per heavy atom. The number of anilines is 1. The number of thioether (sulfide) groups is 1. The molecule has 1 fully saturated rings. The normalized spacial score (nSPS) is 17.2. The Bertz CT molecular complexity index is 1350. The van der Waals surface area contributed by atoms with Gasteiger partial charge in [0.05, 0.1) is 17.9 Å². The van der Waals surface area contributed by atoms with Crippen LogP contribution in [0, 0.1) is 18.3 Å². The summed E-state index contributed by atoms with van der Waals surface area (Å²) in [5, 5.41) is 12.9. The third-order valence-electron chi connectivity index (χ3n) is 6.06. The van der Waals surface area contributed by atoms with Crippen LogP contribution in [0.3, 0.4) is 0 Å². The first kappa shape index (κ1) is 26.1. The minimum absolute atomic E-state index is 0.0817. The molecule has 188 valence electrons. The minimum atomic E-state index is -0.513. The van der Waals surface area contributed by atoms with Crippen molar-refractivity contribution in [3.8, 4) is 11.8 Å². The van der Waals surface area contributed by atoms with Crippen LogP contribution in [0.25, 0.3) is 0 Å². The summed E-state index contributed by atoms with van der Waals surface area (Å²) >= 11 is 1.26. The van der Waals surface area contributed by atoms with E-state index in [9.17, 15) is 14.9 Å². The number of nitriles is 1. The molecule has 0 radical (unpaired) electrons. The van der Waals surface area contributed by atoms with Crippen molar-refractivity contribution >= 4 is 29.3 Å². The molecular weight excluding hydrogens is 482 g/mol. The number of amides is 2. The van der Waals surface area contributed by atoms with Gasteiger partial charge in [-0.15, -0.1) is 0 Å². The Morgan fingerprint density at radius 1 is 1.11 bits per heavy atom. The van der Waals surface area contributed by atoms with E-state index in [-0.39, 0.29) is 17.5 Å². The number of benzene rings is 3. The maximum atomic E-state index is 13.7. The molecule has 0 aliphatic carbocycles. The Kier molecular flexibility index (Phi) is 8.32. The molecule has 3 aromatic rings. The first-order valence-corrected chi connectivity index (χ1v) is 13.1. The van der Waals surface area contributed by atoms with Crippen LogP contribution in [-0.2, 0) is 16.0 Å². The highest BCUT2D eigenvalue weighted by atomic mass is 32.2. The number of hydrogen-bond acceptors (Lipinski definition) is 5. The lowest BCUT2D eigenvalue weighted by Gasteiger charge is -2.20. The van der Waals surface area contributed by atoms with Gasteiger partial charge in [0.1, 0.15) is 22.4 Å². The van der Waals surface area contributed by atoms with Gasteiger partial charge in [0.2, 0.25) is 5.91 Å². The van der Waals surface area contributed by atoms with E-state index in [0.29, 0.717) is 29.5 Å². The molecule has 0 bridgehead atoms. The smallest absolute Gasteiger partial charge is 0.265 e. The molecule has 0 saturated carbocycles. The van der Waals surface area contributed by atoms with Crippen LogP contribution in [0.5, 0.6) is 5.75 Å². The minimum Gasteiger partial charge on any atom is -0.494 e. The molecule has 1 N–H and O–H groups in total. The summed E-state index contributed by atoms with van der Waals surface area (Å²) in [6, 6.07) is 26.5. The second-order valence-corrected chi connectivity index (χ2v) is 9.99. The average molecular weight is 512 g/mol. The van der Waals surface area contributed by atoms with Crippen LogP contribution in [0.4, 0.5) is 5.69 Å². The Morgan fingerprint density at radius 2 is 1.84 bits per heavy atom. The Balaban J connectivity index is 1.69. The highest BCUT2D eigenvalue weighted by molar-refractivity contribution is 8.05. The van der Waals surface area contributed by atoms with Gasteiger partial charge in [-0.25, -0.2) is 0 Å². The molecule has 1 heterocycles. The van der Waals surface area contributed by atoms with Crippen molar-refractivity contribution in [2.45, 2.75) is 38.5 Å². The van der Waals surface area contributed by atoms with Crippen molar-refractivity contribution in [2.75, 3.05) is 11.5 Å². The number of carbonyl (C=O) groups is 2. The van der Waals surface area contributed by atoms with E-state index in [2.05, 4.69) is 17.5 Å². The summed E-state index contributed by atoms with van der Waals surface area (Å²) < 4.78 is 5.54. The molecule has 4 rings (SSSR count). The van der Waals surface area contributed by atoms with Crippen LogP contribution in [0.15, 0.2) is 89.5 Å². The summed E-state index contributed by atoms with van der Waals surface area (Å²) in [6.45, 7) is 6.31. The van der Waals surface area contributed by atoms with Crippen LogP contribution in [0.1, 0.15) is 36.6 Å². The van der Waals surface area contributed by atoms with Gasteiger partial charge < -0.3 is 10.1 Å². The van der Waals surface area contributed by atoms with E-state index in [1.807, 2.05) is 69.3 Å². The van der Waals surface area contributed by atoms with Crippen molar-refractivity contribution in [1.82, 2.24) is 5.32 Å². The molecule has 37 heavy (non-hydrogen) atoms. The zero-order valence-electron chi connectivity index (χ0n) is 21.1. The summed E-state index contributed by atoms with van der Waals surface area (Å²) in [5.74, 6) is 0.00550. The molecule has 1 aliphatic rings. The topological polar surface area (TPSA) is 82.4 Å².